The summed E-state index contributed by atoms with van der Waals surface area (Å²) < 4.78 is 16.8. The first-order chi connectivity index (χ1) is 34.5. The van der Waals surface area contributed by atoms with Gasteiger partial charge in [0.25, 0.3) is 0 Å². The van der Waals surface area contributed by atoms with Crippen molar-refractivity contribution in [3.05, 3.63) is 85.1 Å². The third-order valence-electron chi connectivity index (χ3n) is 12.7. The van der Waals surface area contributed by atoms with E-state index in [0.29, 0.717) is 19.3 Å². The molecule has 0 aliphatic heterocycles. The first-order valence-corrected chi connectivity index (χ1v) is 29.6. The fourth-order valence-corrected chi connectivity index (χ4v) is 8.25. The van der Waals surface area contributed by atoms with Crippen LogP contribution < -0.4 is 0 Å². The van der Waals surface area contributed by atoms with E-state index in [4.69, 9.17) is 14.2 Å². The van der Waals surface area contributed by atoms with E-state index in [1.165, 1.54) is 122 Å². The molecule has 402 valence electrons. The third kappa shape index (κ3) is 55.5. The maximum absolute atomic E-state index is 12.8. The van der Waals surface area contributed by atoms with E-state index in [0.717, 1.165) is 122 Å². The molecular weight excluding hydrogens is 865 g/mol. The summed E-state index contributed by atoms with van der Waals surface area (Å²) in [6.07, 6.45) is 75.8. The summed E-state index contributed by atoms with van der Waals surface area (Å²) in [5.41, 5.74) is 0. The number of hydrogen-bond donors (Lipinski definition) is 0. The van der Waals surface area contributed by atoms with Gasteiger partial charge in [0.1, 0.15) is 13.2 Å². The third-order valence-corrected chi connectivity index (χ3v) is 12.7. The summed E-state index contributed by atoms with van der Waals surface area (Å²) in [6.45, 7) is 6.51. The van der Waals surface area contributed by atoms with E-state index in [1.807, 2.05) is 0 Å². The molecule has 6 heteroatoms. The monoisotopic (exact) mass is 975 g/mol. The van der Waals surface area contributed by atoms with Crippen LogP contribution in [0.15, 0.2) is 85.1 Å². The molecule has 0 spiro atoms. The van der Waals surface area contributed by atoms with Gasteiger partial charge in [0.05, 0.1) is 0 Å². The molecule has 0 saturated heterocycles. The summed E-state index contributed by atoms with van der Waals surface area (Å²) in [7, 11) is 0. The molecule has 0 fully saturated rings. The number of hydrogen-bond acceptors (Lipinski definition) is 6. The lowest BCUT2D eigenvalue weighted by atomic mass is 10.0. The molecule has 1 atom stereocenters. The highest BCUT2D eigenvalue weighted by atomic mass is 16.6. The van der Waals surface area contributed by atoms with Gasteiger partial charge in [-0.25, -0.2) is 0 Å². The van der Waals surface area contributed by atoms with Crippen molar-refractivity contribution in [3.8, 4) is 0 Å². The molecule has 0 bridgehead atoms. The molecule has 0 aromatic carbocycles. The molecule has 0 saturated carbocycles. The van der Waals surface area contributed by atoms with Gasteiger partial charge in [0, 0.05) is 19.3 Å². The molecule has 70 heavy (non-hydrogen) atoms. The Bertz CT molecular complexity index is 1350. The minimum atomic E-state index is -0.781. The maximum atomic E-state index is 12.8. The topological polar surface area (TPSA) is 78.9 Å². The second-order valence-corrected chi connectivity index (χ2v) is 19.5. The molecular formula is C64H110O6. The van der Waals surface area contributed by atoms with Crippen molar-refractivity contribution in [1.82, 2.24) is 0 Å². The lowest BCUT2D eigenvalue weighted by Gasteiger charge is -2.18. The molecule has 1 unspecified atom stereocenters. The summed E-state index contributed by atoms with van der Waals surface area (Å²) in [6, 6.07) is 0. The Hall–Kier alpha value is -3.41. The van der Waals surface area contributed by atoms with Crippen LogP contribution in [0.4, 0.5) is 0 Å². The van der Waals surface area contributed by atoms with Crippen LogP contribution in [0, 0.1) is 0 Å². The fraction of sp³-hybridized carbons (Fsp3) is 0.734. The standard InChI is InChI=1S/C64H110O6/c1-4-7-10-13-16-19-21-23-25-27-28-29-30-31-32-33-34-35-36-37-39-40-42-45-48-51-54-57-63(66)69-60-61(59-68-62(65)56-53-50-47-44-18-15-12-9-6-3)70-64(67)58-55-52-49-46-43-41-38-26-24-22-20-17-14-11-8-5-2/h7,10,16,19,23,25,28-29,31-32,34-35,37,39,61H,4-6,8-9,11-15,17-18,20-22,24,26-27,30,33,36,38,40-60H2,1-3H3/b10-7-,19-16-,25-23-,29-28-,32-31-,35-34-,39-37-. The van der Waals surface area contributed by atoms with Crippen LogP contribution in [0.25, 0.3) is 0 Å². The van der Waals surface area contributed by atoms with Crippen molar-refractivity contribution in [2.45, 2.75) is 290 Å². The molecule has 0 N–H and O–H groups in total. The molecule has 0 radical (unpaired) electrons. The minimum Gasteiger partial charge on any atom is -0.462 e. The van der Waals surface area contributed by atoms with Crippen LogP contribution in [-0.2, 0) is 28.6 Å². The predicted molar refractivity (Wildman–Crippen MR) is 302 cm³/mol. The second-order valence-electron chi connectivity index (χ2n) is 19.5. The highest BCUT2D eigenvalue weighted by molar-refractivity contribution is 5.71. The van der Waals surface area contributed by atoms with Crippen LogP contribution >= 0.6 is 0 Å². The van der Waals surface area contributed by atoms with Crippen molar-refractivity contribution in [2.24, 2.45) is 0 Å². The zero-order chi connectivity index (χ0) is 50.7. The Labute approximate surface area is 433 Å². The number of allylic oxidation sites excluding steroid dienone is 14. The van der Waals surface area contributed by atoms with Gasteiger partial charge in [-0.05, 0) is 77.0 Å². The molecule has 6 nitrogen and oxygen atoms in total. The van der Waals surface area contributed by atoms with Crippen molar-refractivity contribution < 1.29 is 28.6 Å². The summed E-state index contributed by atoms with van der Waals surface area (Å²) in [5, 5.41) is 0. The number of esters is 3. The first kappa shape index (κ1) is 66.6. The number of rotatable bonds is 53. The van der Waals surface area contributed by atoms with E-state index in [9.17, 15) is 14.4 Å². The smallest absolute Gasteiger partial charge is 0.306 e. The highest BCUT2D eigenvalue weighted by Gasteiger charge is 2.19. The number of unbranched alkanes of at least 4 members (excludes halogenated alkanes) is 28. The van der Waals surface area contributed by atoms with Crippen molar-refractivity contribution in [2.75, 3.05) is 13.2 Å². The van der Waals surface area contributed by atoms with Crippen molar-refractivity contribution >= 4 is 17.9 Å². The van der Waals surface area contributed by atoms with Gasteiger partial charge < -0.3 is 14.2 Å². The SMILES string of the molecule is CC/C=C\C/C=C\C/C=C\C/C=C\C/C=C\C/C=C\C/C=C\CCCCCCCC(=O)OCC(COC(=O)CCCCCCCCCCC)OC(=O)CCCCCCCCCCCCCCCCCC. The molecule has 0 rings (SSSR count). The zero-order valence-electron chi connectivity index (χ0n) is 46.0. The van der Waals surface area contributed by atoms with Gasteiger partial charge >= 0.3 is 17.9 Å². The Morgan fingerprint density at radius 1 is 0.300 bits per heavy atom. The van der Waals surface area contributed by atoms with Crippen LogP contribution in [0.5, 0.6) is 0 Å². The van der Waals surface area contributed by atoms with Crippen molar-refractivity contribution in [1.29, 1.82) is 0 Å². The van der Waals surface area contributed by atoms with E-state index < -0.39 is 6.10 Å². The van der Waals surface area contributed by atoms with Crippen LogP contribution in [0.3, 0.4) is 0 Å². The summed E-state index contributed by atoms with van der Waals surface area (Å²) >= 11 is 0. The minimum absolute atomic E-state index is 0.0793. The summed E-state index contributed by atoms with van der Waals surface area (Å²) in [5.74, 6) is -0.893. The average molecular weight is 976 g/mol. The number of ether oxygens (including phenoxy) is 3. The lowest BCUT2D eigenvalue weighted by Crippen LogP contribution is -2.30. The maximum Gasteiger partial charge on any atom is 0.306 e. The summed E-state index contributed by atoms with van der Waals surface area (Å²) in [4.78, 5) is 38.1. The Kier molecular flexibility index (Phi) is 55.3. The normalized spacial score (nSPS) is 12.7. The zero-order valence-corrected chi connectivity index (χ0v) is 46.0. The van der Waals surface area contributed by atoms with E-state index in [1.54, 1.807) is 0 Å². The number of carbonyl (C=O) groups excluding carboxylic acids is 3. The largest absolute Gasteiger partial charge is 0.462 e. The number of carbonyl (C=O) groups is 3. The van der Waals surface area contributed by atoms with Crippen molar-refractivity contribution in [3.63, 3.8) is 0 Å². The van der Waals surface area contributed by atoms with Gasteiger partial charge in [-0.2, -0.15) is 0 Å². The van der Waals surface area contributed by atoms with Gasteiger partial charge in [-0.15, -0.1) is 0 Å². The van der Waals surface area contributed by atoms with E-state index in [2.05, 4.69) is 106 Å². The average Bonchev–Trinajstić information content (AvgIpc) is 3.36. The lowest BCUT2D eigenvalue weighted by molar-refractivity contribution is -0.167. The highest BCUT2D eigenvalue weighted by Crippen LogP contribution is 2.16. The molecule has 0 aromatic heterocycles. The molecule has 0 aliphatic carbocycles. The Balaban J connectivity index is 4.28. The molecule has 0 aromatic rings. The van der Waals surface area contributed by atoms with E-state index in [-0.39, 0.29) is 31.1 Å². The van der Waals surface area contributed by atoms with E-state index >= 15 is 0 Å². The Morgan fingerprint density at radius 3 is 0.871 bits per heavy atom. The van der Waals surface area contributed by atoms with Gasteiger partial charge in [-0.1, -0.05) is 273 Å². The second kappa shape index (κ2) is 58.2. The van der Waals surface area contributed by atoms with Gasteiger partial charge in [-0.3, -0.25) is 14.4 Å². The van der Waals surface area contributed by atoms with Crippen LogP contribution in [0.2, 0.25) is 0 Å². The van der Waals surface area contributed by atoms with Gasteiger partial charge in [0.15, 0.2) is 6.10 Å². The molecule has 0 amide bonds. The van der Waals surface area contributed by atoms with Crippen LogP contribution in [0.1, 0.15) is 284 Å². The molecule has 0 heterocycles. The first-order valence-electron chi connectivity index (χ1n) is 29.6. The Morgan fingerprint density at radius 2 is 0.557 bits per heavy atom. The molecule has 0 aliphatic rings. The van der Waals surface area contributed by atoms with Crippen LogP contribution in [-0.4, -0.2) is 37.2 Å². The quantitative estimate of drug-likeness (QED) is 0.0261. The van der Waals surface area contributed by atoms with Gasteiger partial charge in [0.2, 0.25) is 0 Å². The fourth-order valence-electron chi connectivity index (χ4n) is 8.25. The predicted octanol–water partition coefficient (Wildman–Crippen LogP) is 19.9.